The molecular formula is C26H33N3OS. The van der Waals surface area contributed by atoms with Crippen molar-refractivity contribution in [3.8, 4) is 5.75 Å². The van der Waals surface area contributed by atoms with Gasteiger partial charge in [0.25, 0.3) is 0 Å². The molecule has 2 aromatic heterocycles. The smallest absolute Gasteiger partial charge is 0.169 e. The first-order valence-electron chi connectivity index (χ1n) is 10.8. The Bertz CT molecular complexity index is 1110. The summed E-state index contributed by atoms with van der Waals surface area (Å²) in [6.07, 6.45) is 8.73. The third-order valence-corrected chi connectivity index (χ3v) is 6.32. The van der Waals surface area contributed by atoms with E-state index in [1.165, 1.54) is 11.1 Å². The summed E-state index contributed by atoms with van der Waals surface area (Å²) in [5.41, 5.74) is 8.12. The van der Waals surface area contributed by atoms with E-state index in [1.807, 2.05) is 19.2 Å². The molecule has 0 atom stereocenters. The Hall–Kier alpha value is -2.53. The van der Waals surface area contributed by atoms with Gasteiger partial charge in [-0.25, -0.2) is 4.98 Å². The molecule has 0 N–H and O–H groups in total. The van der Waals surface area contributed by atoms with Crippen LogP contribution in [0.4, 0.5) is 0 Å². The molecule has 3 rings (SSSR count). The first kappa shape index (κ1) is 23.1. The third-order valence-electron chi connectivity index (χ3n) is 5.41. The quantitative estimate of drug-likeness (QED) is 0.271. The molecule has 0 unspecified atom stereocenters. The lowest BCUT2D eigenvalue weighted by Crippen LogP contribution is -2.07. The summed E-state index contributed by atoms with van der Waals surface area (Å²) < 4.78 is 7.88. The van der Waals surface area contributed by atoms with Gasteiger partial charge in [-0.1, -0.05) is 47.2 Å². The van der Waals surface area contributed by atoms with Crippen molar-refractivity contribution in [1.82, 2.24) is 14.5 Å². The van der Waals surface area contributed by atoms with Crippen molar-refractivity contribution in [3.63, 3.8) is 0 Å². The molecule has 4 nitrogen and oxygen atoms in total. The molecule has 0 radical (unpaired) electrons. The Morgan fingerprint density at radius 2 is 1.90 bits per heavy atom. The maximum atomic E-state index is 5.61. The van der Waals surface area contributed by atoms with Gasteiger partial charge in [0.2, 0.25) is 0 Å². The fourth-order valence-corrected chi connectivity index (χ4v) is 4.64. The minimum Gasteiger partial charge on any atom is -0.496 e. The Morgan fingerprint density at radius 3 is 2.65 bits per heavy atom. The summed E-state index contributed by atoms with van der Waals surface area (Å²) in [6.45, 7) is 11.3. The molecule has 0 amide bonds. The number of pyridine rings is 1. The Morgan fingerprint density at radius 1 is 1.13 bits per heavy atom. The number of aryl methyl sites for hydroxylation is 1. The normalized spacial score (nSPS) is 11.7. The standard InChI is InChI=1S/C26H33N3OS/c1-18(2)10-9-11-19(3)14-15-31-26-28-22-12-7-8-13-24(22)29(26)17-23-21(5)25(30-6)20(4)16-27-23/h7-8,10,12-14,16H,9,11,15,17H2,1-6H3. The van der Waals surface area contributed by atoms with Crippen LogP contribution in [-0.4, -0.2) is 27.4 Å². The number of thioether (sulfide) groups is 1. The minimum absolute atomic E-state index is 0.675. The zero-order chi connectivity index (χ0) is 22.4. The van der Waals surface area contributed by atoms with Gasteiger partial charge in [-0.2, -0.15) is 0 Å². The number of fused-ring (bicyclic) bond motifs is 1. The largest absolute Gasteiger partial charge is 0.496 e. The zero-order valence-electron chi connectivity index (χ0n) is 19.5. The fourth-order valence-electron chi connectivity index (χ4n) is 3.65. The average Bonchev–Trinajstić information content (AvgIpc) is 3.07. The number of nitrogens with zero attached hydrogens (tertiary/aromatic N) is 3. The average molecular weight is 436 g/mol. The van der Waals surface area contributed by atoms with Gasteiger partial charge in [0.1, 0.15) is 5.75 Å². The Labute approximate surface area is 190 Å². The van der Waals surface area contributed by atoms with Crippen molar-refractivity contribution in [2.24, 2.45) is 0 Å². The van der Waals surface area contributed by atoms with Crippen LogP contribution in [0.2, 0.25) is 0 Å². The first-order valence-corrected chi connectivity index (χ1v) is 11.8. The van der Waals surface area contributed by atoms with E-state index in [1.54, 1.807) is 18.9 Å². The molecule has 0 aliphatic heterocycles. The number of allylic oxidation sites excluding steroid dienone is 3. The highest BCUT2D eigenvalue weighted by Crippen LogP contribution is 2.29. The number of hydrogen-bond donors (Lipinski definition) is 0. The van der Waals surface area contributed by atoms with Crippen LogP contribution in [0.1, 0.15) is 50.4 Å². The molecule has 0 saturated heterocycles. The van der Waals surface area contributed by atoms with Gasteiger partial charge >= 0.3 is 0 Å². The van der Waals surface area contributed by atoms with E-state index in [-0.39, 0.29) is 0 Å². The zero-order valence-corrected chi connectivity index (χ0v) is 20.3. The SMILES string of the molecule is COc1c(C)cnc(Cn2c(SCC=C(C)CCC=C(C)C)nc3ccccc32)c1C. The maximum absolute atomic E-state index is 5.61. The summed E-state index contributed by atoms with van der Waals surface area (Å²) >= 11 is 1.78. The summed E-state index contributed by atoms with van der Waals surface area (Å²) in [6, 6.07) is 8.32. The molecule has 0 aliphatic carbocycles. The molecule has 1 aromatic carbocycles. The summed E-state index contributed by atoms with van der Waals surface area (Å²) in [7, 11) is 1.72. The van der Waals surface area contributed by atoms with Crippen molar-refractivity contribution in [2.75, 3.05) is 12.9 Å². The van der Waals surface area contributed by atoms with Crippen LogP contribution in [0.3, 0.4) is 0 Å². The molecule has 5 heteroatoms. The molecule has 31 heavy (non-hydrogen) atoms. The van der Waals surface area contributed by atoms with Crippen molar-refractivity contribution >= 4 is 22.8 Å². The predicted molar refractivity (Wildman–Crippen MR) is 132 cm³/mol. The number of imidazole rings is 1. The second-order valence-electron chi connectivity index (χ2n) is 8.20. The van der Waals surface area contributed by atoms with Gasteiger partial charge in [0, 0.05) is 23.1 Å². The van der Waals surface area contributed by atoms with E-state index in [0.717, 1.165) is 57.4 Å². The van der Waals surface area contributed by atoms with Crippen molar-refractivity contribution < 1.29 is 4.74 Å². The second-order valence-corrected chi connectivity index (χ2v) is 9.18. The monoisotopic (exact) mass is 435 g/mol. The number of rotatable bonds is 9. The van der Waals surface area contributed by atoms with Crippen LogP contribution in [0.5, 0.6) is 5.75 Å². The lowest BCUT2D eigenvalue weighted by Gasteiger charge is -2.14. The third kappa shape index (κ3) is 5.79. The number of aromatic nitrogens is 3. The van der Waals surface area contributed by atoms with Gasteiger partial charge < -0.3 is 9.30 Å². The molecule has 3 aromatic rings. The van der Waals surface area contributed by atoms with Crippen LogP contribution < -0.4 is 4.74 Å². The van der Waals surface area contributed by atoms with Gasteiger partial charge in [-0.3, -0.25) is 4.98 Å². The topological polar surface area (TPSA) is 39.9 Å². The molecule has 0 aliphatic rings. The number of ether oxygens (including phenoxy) is 1. The fraction of sp³-hybridized carbons (Fsp3) is 0.385. The second kappa shape index (κ2) is 10.7. The molecule has 0 fully saturated rings. The van der Waals surface area contributed by atoms with Crippen LogP contribution in [0.15, 0.2) is 58.9 Å². The molecule has 0 spiro atoms. The lowest BCUT2D eigenvalue weighted by atomic mass is 10.1. The minimum atomic E-state index is 0.675. The van der Waals surface area contributed by atoms with Crippen LogP contribution >= 0.6 is 11.8 Å². The van der Waals surface area contributed by atoms with Crippen molar-refractivity contribution in [3.05, 3.63) is 70.6 Å². The first-order chi connectivity index (χ1) is 14.9. The summed E-state index contributed by atoms with van der Waals surface area (Å²) in [5, 5.41) is 1.02. The molecular weight excluding hydrogens is 402 g/mol. The van der Waals surface area contributed by atoms with E-state index in [0.29, 0.717) is 6.54 Å². The maximum Gasteiger partial charge on any atom is 0.169 e. The highest BCUT2D eigenvalue weighted by atomic mass is 32.2. The molecule has 0 saturated carbocycles. The lowest BCUT2D eigenvalue weighted by molar-refractivity contribution is 0.406. The van der Waals surface area contributed by atoms with E-state index < -0.39 is 0 Å². The molecule has 0 bridgehead atoms. The van der Waals surface area contributed by atoms with E-state index in [2.05, 4.69) is 62.6 Å². The number of hydrogen-bond acceptors (Lipinski definition) is 4. The number of para-hydroxylation sites is 2. The van der Waals surface area contributed by atoms with Gasteiger partial charge in [-0.05, 0) is 59.6 Å². The highest BCUT2D eigenvalue weighted by Gasteiger charge is 2.15. The summed E-state index contributed by atoms with van der Waals surface area (Å²) in [4.78, 5) is 9.62. The van der Waals surface area contributed by atoms with E-state index in [4.69, 9.17) is 14.7 Å². The molecule has 164 valence electrons. The van der Waals surface area contributed by atoms with Crippen LogP contribution in [0, 0.1) is 13.8 Å². The highest BCUT2D eigenvalue weighted by molar-refractivity contribution is 7.99. The number of methoxy groups -OCH3 is 1. The van der Waals surface area contributed by atoms with E-state index >= 15 is 0 Å². The van der Waals surface area contributed by atoms with Gasteiger partial charge in [0.15, 0.2) is 5.16 Å². The Balaban J connectivity index is 1.84. The van der Waals surface area contributed by atoms with Gasteiger partial charge in [0.05, 0.1) is 30.4 Å². The van der Waals surface area contributed by atoms with E-state index in [9.17, 15) is 0 Å². The Kier molecular flexibility index (Phi) is 7.97. The van der Waals surface area contributed by atoms with Crippen LogP contribution in [-0.2, 0) is 6.54 Å². The van der Waals surface area contributed by atoms with Gasteiger partial charge in [-0.15, -0.1) is 0 Å². The molecule has 2 heterocycles. The van der Waals surface area contributed by atoms with Crippen molar-refractivity contribution in [1.29, 1.82) is 0 Å². The van der Waals surface area contributed by atoms with Crippen LogP contribution in [0.25, 0.3) is 11.0 Å². The predicted octanol–water partition coefficient (Wildman–Crippen LogP) is 6.89. The summed E-state index contributed by atoms with van der Waals surface area (Å²) in [5.74, 6) is 1.83. The van der Waals surface area contributed by atoms with Crippen molar-refractivity contribution in [2.45, 2.75) is 59.2 Å². The number of benzene rings is 1.